The summed E-state index contributed by atoms with van der Waals surface area (Å²) in [5.74, 6) is 1.14. The fourth-order valence-electron chi connectivity index (χ4n) is 3.94. The highest BCUT2D eigenvalue weighted by Gasteiger charge is 2.18. The molecule has 1 heterocycles. The maximum absolute atomic E-state index is 12.9. The number of nitrogens with one attached hydrogen (secondary N) is 2. The minimum atomic E-state index is -0.341. The Balaban J connectivity index is 1.14. The number of anilines is 2. The monoisotopic (exact) mass is 539 g/mol. The van der Waals surface area contributed by atoms with Crippen LogP contribution in [-0.4, -0.2) is 36.8 Å². The second-order valence-electron chi connectivity index (χ2n) is 8.42. The summed E-state index contributed by atoms with van der Waals surface area (Å²) in [4.78, 5) is 30.7. The smallest absolute Gasteiger partial charge is 0.263 e. The maximum Gasteiger partial charge on any atom is 0.263 e. The van der Waals surface area contributed by atoms with Crippen molar-refractivity contribution in [3.63, 3.8) is 0 Å². The Morgan fingerprint density at radius 1 is 0.795 bits per heavy atom. The topological polar surface area (TPSA) is 103 Å². The van der Waals surface area contributed by atoms with Crippen molar-refractivity contribution < 1.29 is 23.5 Å². The van der Waals surface area contributed by atoms with E-state index in [1.165, 1.54) is 26.0 Å². The molecule has 0 unspecified atom stereocenters. The lowest BCUT2D eigenvalue weighted by atomic mass is 10.1. The number of amides is 2. The Morgan fingerprint density at radius 3 is 2.10 bits per heavy atom. The lowest BCUT2D eigenvalue weighted by molar-refractivity contribution is -0.113. The van der Waals surface area contributed by atoms with Gasteiger partial charge in [-0.3, -0.25) is 9.59 Å². The maximum atomic E-state index is 12.9. The average molecular weight is 540 g/mol. The van der Waals surface area contributed by atoms with Crippen LogP contribution in [-0.2, 0) is 4.79 Å². The van der Waals surface area contributed by atoms with Crippen LogP contribution < -0.4 is 20.1 Å². The molecule has 4 aromatic carbocycles. The quantitative estimate of drug-likeness (QED) is 0.206. The highest BCUT2D eigenvalue weighted by molar-refractivity contribution is 8.00. The molecular formula is C30H25N3O5S. The van der Waals surface area contributed by atoms with Crippen LogP contribution in [0.5, 0.6) is 11.5 Å². The zero-order valence-electron chi connectivity index (χ0n) is 21.3. The predicted octanol–water partition coefficient (Wildman–Crippen LogP) is 6.50. The summed E-state index contributed by atoms with van der Waals surface area (Å²) in [6.45, 7) is 0. The Kier molecular flexibility index (Phi) is 7.79. The van der Waals surface area contributed by atoms with E-state index < -0.39 is 0 Å². The number of carbonyl (C=O) groups is 2. The Bertz CT molecular complexity index is 1560. The van der Waals surface area contributed by atoms with E-state index in [0.717, 1.165) is 21.6 Å². The molecule has 8 nitrogen and oxygen atoms in total. The van der Waals surface area contributed by atoms with Crippen molar-refractivity contribution in [2.45, 2.75) is 4.90 Å². The molecule has 0 aliphatic carbocycles. The third-order valence-corrected chi connectivity index (χ3v) is 6.86. The second kappa shape index (κ2) is 11.7. The van der Waals surface area contributed by atoms with E-state index in [4.69, 9.17) is 13.9 Å². The molecule has 5 rings (SSSR count). The Labute approximate surface area is 229 Å². The van der Waals surface area contributed by atoms with Gasteiger partial charge in [-0.25, -0.2) is 4.98 Å². The number of thioether (sulfide) groups is 1. The standard InChI is InChI=1S/C30H25N3O5S/c1-36-25-8-5-9-26(37-2)28(25)29(35)32-21-14-16-22(17-15-21)39-18-27(34)31-20-12-10-19(11-13-20)30-33-23-6-3-4-7-24(23)38-30/h3-17H,18H2,1-2H3,(H,31,34)(H,32,35). The van der Waals surface area contributed by atoms with Crippen LogP contribution in [0.15, 0.2) is 100 Å². The Morgan fingerprint density at radius 2 is 1.44 bits per heavy atom. The van der Waals surface area contributed by atoms with Crippen molar-refractivity contribution in [3.8, 4) is 23.0 Å². The summed E-state index contributed by atoms with van der Waals surface area (Å²) in [5, 5.41) is 5.76. The molecule has 1 aromatic heterocycles. The van der Waals surface area contributed by atoms with Crippen molar-refractivity contribution >= 4 is 46.1 Å². The zero-order valence-corrected chi connectivity index (χ0v) is 22.1. The molecule has 0 radical (unpaired) electrons. The molecule has 0 saturated carbocycles. The van der Waals surface area contributed by atoms with Gasteiger partial charge >= 0.3 is 0 Å². The molecule has 39 heavy (non-hydrogen) atoms. The van der Waals surface area contributed by atoms with Crippen molar-refractivity contribution in [2.75, 3.05) is 30.6 Å². The van der Waals surface area contributed by atoms with Gasteiger partial charge in [0.15, 0.2) is 5.58 Å². The molecule has 0 atom stereocenters. The van der Waals surface area contributed by atoms with Crippen LogP contribution in [0.25, 0.3) is 22.6 Å². The lowest BCUT2D eigenvalue weighted by Gasteiger charge is -2.13. The van der Waals surface area contributed by atoms with Crippen LogP contribution in [0.1, 0.15) is 10.4 Å². The van der Waals surface area contributed by atoms with Gasteiger partial charge in [-0.05, 0) is 72.8 Å². The molecule has 0 fully saturated rings. The number of nitrogens with zero attached hydrogens (tertiary/aromatic N) is 1. The number of rotatable bonds is 9. The van der Waals surface area contributed by atoms with E-state index in [-0.39, 0.29) is 17.6 Å². The number of carbonyl (C=O) groups excluding carboxylic acids is 2. The summed E-state index contributed by atoms with van der Waals surface area (Å²) in [5.41, 5.74) is 3.98. The molecule has 0 saturated heterocycles. The molecule has 0 bridgehead atoms. The minimum Gasteiger partial charge on any atom is -0.496 e. The first-order valence-electron chi connectivity index (χ1n) is 12.0. The van der Waals surface area contributed by atoms with Gasteiger partial charge in [0.1, 0.15) is 22.6 Å². The van der Waals surface area contributed by atoms with Crippen LogP contribution in [0.4, 0.5) is 11.4 Å². The first kappa shape index (κ1) is 25.9. The van der Waals surface area contributed by atoms with Crippen molar-refractivity contribution in [1.29, 1.82) is 0 Å². The van der Waals surface area contributed by atoms with Gasteiger partial charge in [0.2, 0.25) is 11.8 Å². The molecule has 9 heteroatoms. The third kappa shape index (κ3) is 6.05. The first-order valence-corrected chi connectivity index (χ1v) is 13.0. The number of hydrogen-bond donors (Lipinski definition) is 2. The first-order chi connectivity index (χ1) is 19.0. The third-order valence-electron chi connectivity index (χ3n) is 5.85. The predicted molar refractivity (Wildman–Crippen MR) is 153 cm³/mol. The summed E-state index contributed by atoms with van der Waals surface area (Å²) < 4.78 is 16.4. The number of methoxy groups -OCH3 is 2. The molecule has 2 N–H and O–H groups in total. The van der Waals surface area contributed by atoms with Crippen molar-refractivity contribution in [1.82, 2.24) is 4.98 Å². The van der Waals surface area contributed by atoms with E-state index >= 15 is 0 Å². The van der Waals surface area contributed by atoms with Gasteiger partial charge in [-0.1, -0.05) is 18.2 Å². The summed E-state index contributed by atoms with van der Waals surface area (Å²) in [7, 11) is 3.01. The number of hydrogen-bond acceptors (Lipinski definition) is 7. The molecule has 2 amide bonds. The zero-order chi connectivity index (χ0) is 27.2. The van der Waals surface area contributed by atoms with E-state index in [0.29, 0.717) is 34.3 Å². The number of fused-ring (bicyclic) bond motifs is 1. The number of ether oxygens (including phenoxy) is 2. The molecule has 5 aromatic rings. The number of aromatic nitrogens is 1. The highest BCUT2D eigenvalue weighted by Crippen LogP contribution is 2.30. The summed E-state index contributed by atoms with van der Waals surface area (Å²) in [6.07, 6.45) is 0. The van der Waals surface area contributed by atoms with Crippen LogP contribution in [0, 0.1) is 0 Å². The lowest BCUT2D eigenvalue weighted by Crippen LogP contribution is -2.14. The van der Waals surface area contributed by atoms with Crippen LogP contribution in [0.3, 0.4) is 0 Å². The van der Waals surface area contributed by atoms with E-state index in [2.05, 4.69) is 15.6 Å². The van der Waals surface area contributed by atoms with Gasteiger partial charge < -0.3 is 24.5 Å². The minimum absolute atomic E-state index is 0.129. The van der Waals surface area contributed by atoms with Gasteiger partial charge in [-0.15, -0.1) is 11.8 Å². The number of benzene rings is 4. The fraction of sp³-hybridized carbons (Fsp3) is 0.100. The van der Waals surface area contributed by atoms with Crippen LogP contribution >= 0.6 is 11.8 Å². The molecule has 0 aliphatic rings. The van der Waals surface area contributed by atoms with E-state index in [1.807, 2.05) is 60.7 Å². The van der Waals surface area contributed by atoms with Crippen molar-refractivity contribution in [3.05, 3.63) is 96.6 Å². The normalized spacial score (nSPS) is 10.7. The highest BCUT2D eigenvalue weighted by atomic mass is 32.2. The number of para-hydroxylation sites is 2. The van der Waals surface area contributed by atoms with E-state index in [9.17, 15) is 9.59 Å². The molecule has 0 spiro atoms. The van der Waals surface area contributed by atoms with E-state index in [1.54, 1.807) is 30.3 Å². The second-order valence-corrected chi connectivity index (χ2v) is 9.47. The molecule has 0 aliphatic heterocycles. The fourth-order valence-corrected chi connectivity index (χ4v) is 4.64. The summed E-state index contributed by atoms with van der Waals surface area (Å²) >= 11 is 1.40. The summed E-state index contributed by atoms with van der Waals surface area (Å²) in [6, 6.07) is 27.4. The van der Waals surface area contributed by atoms with Gasteiger partial charge in [0.25, 0.3) is 5.91 Å². The van der Waals surface area contributed by atoms with Crippen molar-refractivity contribution in [2.24, 2.45) is 0 Å². The van der Waals surface area contributed by atoms with Gasteiger partial charge in [-0.2, -0.15) is 0 Å². The van der Waals surface area contributed by atoms with Gasteiger partial charge in [0.05, 0.1) is 20.0 Å². The molecular weight excluding hydrogens is 514 g/mol. The molecule has 196 valence electrons. The van der Waals surface area contributed by atoms with Gasteiger partial charge in [0, 0.05) is 21.8 Å². The largest absolute Gasteiger partial charge is 0.496 e. The SMILES string of the molecule is COc1cccc(OC)c1C(=O)Nc1ccc(SCC(=O)Nc2ccc(-c3nc4ccccc4o3)cc2)cc1. The average Bonchev–Trinajstić information content (AvgIpc) is 3.41. The Hall–Kier alpha value is -4.76. The number of oxazole rings is 1. The van der Waals surface area contributed by atoms with Crippen LogP contribution in [0.2, 0.25) is 0 Å².